The van der Waals surface area contributed by atoms with Gasteiger partial charge in [-0.05, 0) is 43.1 Å². The van der Waals surface area contributed by atoms with Crippen LogP contribution < -0.4 is 9.80 Å². The van der Waals surface area contributed by atoms with Crippen molar-refractivity contribution in [3.8, 4) is 0 Å². The van der Waals surface area contributed by atoms with E-state index in [1.54, 1.807) is 0 Å². The van der Waals surface area contributed by atoms with Gasteiger partial charge in [-0.2, -0.15) is 4.98 Å². The highest BCUT2D eigenvalue weighted by molar-refractivity contribution is 5.43. The Bertz CT molecular complexity index is 645. The number of anilines is 2. The second kappa shape index (κ2) is 7.57. The predicted octanol–water partition coefficient (Wildman–Crippen LogP) is 2.04. The molecule has 0 radical (unpaired) electrons. The molecule has 3 rings (SSSR count). The number of hydrogen-bond acceptors (Lipinski definition) is 6. The first-order valence-corrected chi connectivity index (χ1v) is 8.48. The van der Waals surface area contributed by atoms with Crippen LogP contribution in [0.3, 0.4) is 0 Å². The Balaban J connectivity index is 1.66. The highest BCUT2D eigenvalue weighted by atomic mass is 15.3. The average molecular weight is 326 g/mol. The smallest absolute Gasteiger partial charge is 0.226 e. The maximum Gasteiger partial charge on any atom is 0.226 e. The van der Waals surface area contributed by atoms with Gasteiger partial charge in [0, 0.05) is 58.9 Å². The van der Waals surface area contributed by atoms with Crippen molar-refractivity contribution in [1.82, 2.24) is 19.9 Å². The highest BCUT2D eigenvalue weighted by Gasteiger charge is 2.24. The lowest BCUT2D eigenvalue weighted by Gasteiger charge is -2.38. The minimum absolute atomic E-state index is 0.477. The minimum atomic E-state index is 0.477. The standard InChI is InChI=1S/C18H26N6/c1-22(2)18-20-11-8-17(21-18)23(3)16-5-4-12-24(14-16)13-15-6-9-19-10-7-15/h6-11,16H,4-5,12-14H2,1-3H3. The van der Waals surface area contributed by atoms with Crippen molar-refractivity contribution in [3.05, 3.63) is 42.4 Å². The van der Waals surface area contributed by atoms with Crippen molar-refractivity contribution in [2.24, 2.45) is 0 Å². The Kier molecular flexibility index (Phi) is 5.25. The van der Waals surface area contributed by atoms with Crippen molar-refractivity contribution in [2.45, 2.75) is 25.4 Å². The quantitative estimate of drug-likeness (QED) is 0.838. The first-order chi connectivity index (χ1) is 11.6. The van der Waals surface area contributed by atoms with Gasteiger partial charge in [-0.3, -0.25) is 9.88 Å². The zero-order chi connectivity index (χ0) is 16.9. The van der Waals surface area contributed by atoms with Crippen LogP contribution in [0.2, 0.25) is 0 Å². The van der Waals surface area contributed by atoms with Gasteiger partial charge in [0.2, 0.25) is 5.95 Å². The molecule has 24 heavy (non-hydrogen) atoms. The summed E-state index contributed by atoms with van der Waals surface area (Å²) in [4.78, 5) is 19.8. The zero-order valence-electron chi connectivity index (χ0n) is 14.8. The summed E-state index contributed by atoms with van der Waals surface area (Å²) in [7, 11) is 6.08. The van der Waals surface area contributed by atoms with E-state index in [9.17, 15) is 0 Å². The van der Waals surface area contributed by atoms with Crippen molar-refractivity contribution in [3.63, 3.8) is 0 Å². The number of piperidine rings is 1. The van der Waals surface area contributed by atoms with Gasteiger partial charge in [0.15, 0.2) is 0 Å². The Morgan fingerprint density at radius 2 is 1.92 bits per heavy atom. The van der Waals surface area contributed by atoms with E-state index in [1.807, 2.05) is 43.7 Å². The van der Waals surface area contributed by atoms with E-state index in [4.69, 9.17) is 0 Å². The van der Waals surface area contributed by atoms with E-state index in [0.29, 0.717) is 6.04 Å². The fourth-order valence-corrected chi connectivity index (χ4v) is 3.18. The summed E-state index contributed by atoms with van der Waals surface area (Å²) in [5.74, 6) is 1.74. The molecule has 2 aromatic heterocycles. The van der Waals surface area contributed by atoms with Gasteiger partial charge in [0.25, 0.3) is 0 Å². The van der Waals surface area contributed by atoms with Gasteiger partial charge in [-0.1, -0.05) is 0 Å². The van der Waals surface area contributed by atoms with Crippen LogP contribution in [-0.2, 0) is 6.54 Å². The lowest BCUT2D eigenvalue weighted by atomic mass is 10.0. The van der Waals surface area contributed by atoms with E-state index in [0.717, 1.165) is 31.4 Å². The molecule has 0 spiro atoms. The minimum Gasteiger partial charge on any atom is -0.355 e. The third-order valence-corrected chi connectivity index (χ3v) is 4.57. The third kappa shape index (κ3) is 4.00. The average Bonchev–Trinajstić information content (AvgIpc) is 2.62. The second-order valence-electron chi connectivity index (χ2n) is 6.61. The largest absolute Gasteiger partial charge is 0.355 e. The summed E-state index contributed by atoms with van der Waals surface area (Å²) in [6.45, 7) is 3.19. The van der Waals surface area contributed by atoms with Crippen LogP contribution in [0.4, 0.5) is 11.8 Å². The van der Waals surface area contributed by atoms with Gasteiger partial charge in [-0.15, -0.1) is 0 Å². The molecule has 128 valence electrons. The maximum atomic E-state index is 4.67. The topological polar surface area (TPSA) is 48.4 Å². The molecule has 0 saturated carbocycles. The fraction of sp³-hybridized carbons (Fsp3) is 0.500. The molecule has 0 aliphatic carbocycles. The van der Waals surface area contributed by atoms with Crippen LogP contribution in [-0.4, -0.2) is 60.1 Å². The number of pyridine rings is 1. The number of aromatic nitrogens is 3. The van der Waals surface area contributed by atoms with Crippen LogP contribution in [0.15, 0.2) is 36.8 Å². The van der Waals surface area contributed by atoms with Crippen LogP contribution in [0.25, 0.3) is 0 Å². The Labute approximate surface area is 144 Å². The van der Waals surface area contributed by atoms with Crippen molar-refractivity contribution >= 4 is 11.8 Å². The molecule has 2 aromatic rings. The first-order valence-electron chi connectivity index (χ1n) is 8.48. The van der Waals surface area contributed by atoms with Crippen molar-refractivity contribution in [1.29, 1.82) is 0 Å². The molecule has 1 saturated heterocycles. The summed E-state index contributed by atoms with van der Waals surface area (Å²) < 4.78 is 0. The molecule has 0 bridgehead atoms. The second-order valence-corrected chi connectivity index (χ2v) is 6.61. The number of likely N-dealkylation sites (N-methyl/N-ethyl adjacent to an activating group) is 1. The normalized spacial score (nSPS) is 18.4. The monoisotopic (exact) mass is 326 g/mol. The molecule has 6 heteroatoms. The van der Waals surface area contributed by atoms with E-state index in [2.05, 4.69) is 43.9 Å². The van der Waals surface area contributed by atoms with E-state index in [-0.39, 0.29) is 0 Å². The SMILES string of the molecule is CN(C)c1nccc(N(C)C2CCCN(Cc3ccncc3)C2)n1. The summed E-state index contributed by atoms with van der Waals surface area (Å²) in [5, 5.41) is 0. The maximum absolute atomic E-state index is 4.67. The third-order valence-electron chi connectivity index (χ3n) is 4.57. The molecule has 1 atom stereocenters. The molecule has 0 amide bonds. The lowest BCUT2D eigenvalue weighted by molar-refractivity contribution is 0.198. The summed E-state index contributed by atoms with van der Waals surface area (Å²) in [6, 6.07) is 6.67. The number of nitrogens with zero attached hydrogens (tertiary/aromatic N) is 6. The molecule has 1 aliphatic rings. The summed E-state index contributed by atoms with van der Waals surface area (Å²) in [6.07, 6.45) is 7.99. The molecular formula is C18H26N6. The number of likely N-dealkylation sites (tertiary alicyclic amines) is 1. The predicted molar refractivity (Wildman–Crippen MR) is 97.3 cm³/mol. The molecule has 3 heterocycles. The van der Waals surface area contributed by atoms with Gasteiger partial charge >= 0.3 is 0 Å². The van der Waals surface area contributed by atoms with Crippen molar-refractivity contribution < 1.29 is 0 Å². The molecule has 1 fully saturated rings. The fourth-order valence-electron chi connectivity index (χ4n) is 3.18. The summed E-state index contributed by atoms with van der Waals surface area (Å²) in [5.41, 5.74) is 1.32. The van der Waals surface area contributed by atoms with Gasteiger partial charge in [0.1, 0.15) is 5.82 Å². The molecule has 1 aliphatic heterocycles. The number of rotatable bonds is 5. The van der Waals surface area contributed by atoms with E-state index >= 15 is 0 Å². The van der Waals surface area contributed by atoms with Crippen molar-refractivity contribution in [2.75, 3.05) is 44.0 Å². The van der Waals surface area contributed by atoms with E-state index < -0.39 is 0 Å². The van der Waals surface area contributed by atoms with E-state index in [1.165, 1.54) is 18.4 Å². The Morgan fingerprint density at radius 3 is 2.67 bits per heavy atom. The van der Waals surface area contributed by atoms with Gasteiger partial charge in [-0.25, -0.2) is 4.98 Å². The Hall–Kier alpha value is -2.21. The summed E-state index contributed by atoms with van der Waals surface area (Å²) >= 11 is 0. The van der Waals surface area contributed by atoms with Crippen LogP contribution in [0, 0.1) is 0 Å². The molecule has 0 aromatic carbocycles. The molecule has 1 unspecified atom stereocenters. The molecule has 0 N–H and O–H groups in total. The van der Waals surface area contributed by atoms with Gasteiger partial charge < -0.3 is 9.80 Å². The number of hydrogen-bond donors (Lipinski definition) is 0. The van der Waals surface area contributed by atoms with Crippen LogP contribution >= 0.6 is 0 Å². The zero-order valence-corrected chi connectivity index (χ0v) is 14.8. The first kappa shape index (κ1) is 16.6. The Morgan fingerprint density at radius 1 is 1.12 bits per heavy atom. The highest BCUT2D eigenvalue weighted by Crippen LogP contribution is 2.22. The molecule has 6 nitrogen and oxygen atoms in total. The van der Waals surface area contributed by atoms with Crippen LogP contribution in [0.1, 0.15) is 18.4 Å². The lowest BCUT2D eigenvalue weighted by Crippen LogP contribution is -2.46. The van der Waals surface area contributed by atoms with Gasteiger partial charge in [0.05, 0.1) is 0 Å². The van der Waals surface area contributed by atoms with Crippen LogP contribution in [0.5, 0.6) is 0 Å². The molecular weight excluding hydrogens is 300 g/mol.